The maximum Gasteiger partial charge on any atom is 0.0786 e. The van der Waals surface area contributed by atoms with Gasteiger partial charge in [-0.2, -0.15) is 0 Å². The van der Waals surface area contributed by atoms with Gasteiger partial charge in [-0.3, -0.25) is 9.80 Å². The van der Waals surface area contributed by atoms with Gasteiger partial charge < -0.3 is 0 Å². The van der Waals surface area contributed by atoms with Crippen LogP contribution in [0.1, 0.15) is 20.3 Å². The molecule has 15 heavy (non-hydrogen) atoms. The standard InChI is InChI=1S/C12H28N2Si/c1-7-12(13(3)4,14(5)6)11(2)9-8-10-15/h8-9,11H,7,10H2,1-6,15H3/b9-8+. The average molecular weight is 228 g/mol. The Morgan fingerprint density at radius 1 is 1.20 bits per heavy atom. The van der Waals surface area contributed by atoms with Crippen molar-refractivity contribution in [2.24, 2.45) is 5.92 Å². The van der Waals surface area contributed by atoms with E-state index in [1.54, 1.807) is 0 Å². The molecule has 0 amide bonds. The van der Waals surface area contributed by atoms with Gasteiger partial charge in [0.2, 0.25) is 0 Å². The number of hydrogen-bond acceptors (Lipinski definition) is 2. The average Bonchev–Trinajstić information content (AvgIpc) is 2.15. The first-order valence-electron chi connectivity index (χ1n) is 5.94. The molecule has 0 spiro atoms. The summed E-state index contributed by atoms with van der Waals surface area (Å²) in [5, 5.41) is 0. The second-order valence-corrected chi connectivity index (χ2v) is 5.46. The van der Waals surface area contributed by atoms with Crippen molar-refractivity contribution < 1.29 is 0 Å². The molecule has 0 aromatic carbocycles. The van der Waals surface area contributed by atoms with E-state index < -0.39 is 0 Å². The van der Waals surface area contributed by atoms with Gasteiger partial charge in [0.05, 0.1) is 5.66 Å². The molecule has 1 atom stereocenters. The smallest absolute Gasteiger partial charge is 0.0786 e. The molecule has 0 aliphatic rings. The Labute approximate surface area is 98.8 Å². The van der Waals surface area contributed by atoms with Gasteiger partial charge in [0.15, 0.2) is 0 Å². The summed E-state index contributed by atoms with van der Waals surface area (Å²) in [7, 11) is 9.96. The lowest BCUT2D eigenvalue weighted by molar-refractivity contribution is -0.0313. The summed E-state index contributed by atoms with van der Waals surface area (Å²) in [5.74, 6) is 0.557. The van der Waals surface area contributed by atoms with Crippen LogP contribution in [-0.4, -0.2) is 53.9 Å². The van der Waals surface area contributed by atoms with Gasteiger partial charge in [-0.25, -0.2) is 0 Å². The lowest BCUT2D eigenvalue weighted by Gasteiger charge is -2.48. The van der Waals surface area contributed by atoms with Crippen molar-refractivity contribution in [3.63, 3.8) is 0 Å². The van der Waals surface area contributed by atoms with Crippen LogP contribution < -0.4 is 0 Å². The number of rotatable bonds is 6. The molecule has 0 heterocycles. The molecule has 90 valence electrons. The summed E-state index contributed by atoms with van der Waals surface area (Å²) in [6, 6.07) is 1.25. The molecule has 0 N–H and O–H groups in total. The molecule has 0 aliphatic heterocycles. The molecule has 0 rings (SSSR count). The molecule has 1 unspecified atom stereocenters. The predicted molar refractivity (Wildman–Crippen MR) is 73.4 cm³/mol. The summed E-state index contributed by atoms with van der Waals surface area (Å²) < 4.78 is 0. The van der Waals surface area contributed by atoms with Crippen LogP contribution >= 0.6 is 0 Å². The van der Waals surface area contributed by atoms with E-state index >= 15 is 0 Å². The maximum absolute atomic E-state index is 2.37. The van der Waals surface area contributed by atoms with Crippen molar-refractivity contribution in [2.45, 2.75) is 32.0 Å². The lowest BCUT2D eigenvalue weighted by Crippen LogP contribution is -2.58. The van der Waals surface area contributed by atoms with Crippen LogP contribution in [-0.2, 0) is 0 Å². The first-order chi connectivity index (χ1) is 6.93. The minimum Gasteiger partial charge on any atom is -0.291 e. The quantitative estimate of drug-likeness (QED) is 0.383. The fourth-order valence-corrected chi connectivity index (χ4v) is 2.94. The van der Waals surface area contributed by atoms with Crippen molar-refractivity contribution >= 4 is 10.2 Å². The van der Waals surface area contributed by atoms with Crippen LogP contribution in [0.15, 0.2) is 12.2 Å². The number of nitrogens with zero attached hydrogens (tertiary/aromatic N) is 2. The molecule has 0 saturated heterocycles. The van der Waals surface area contributed by atoms with Crippen molar-refractivity contribution in [3.05, 3.63) is 12.2 Å². The zero-order valence-corrected chi connectivity index (χ0v) is 13.5. The zero-order chi connectivity index (χ0) is 12.1. The molecular formula is C12H28N2Si. The molecular weight excluding hydrogens is 200 g/mol. The zero-order valence-electron chi connectivity index (χ0n) is 11.5. The van der Waals surface area contributed by atoms with Crippen LogP contribution in [0.3, 0.4) is 0 Å². The normalized spacial score (nSPS) is 15.7. The van der Waals surface area contributed by atoms with E-state index in [0.717, 1.165) is 6.42 Å². The summed E-state index contributed by atoms with van der Waals surface area (Å²) in [6.07, 6.45) is 5.84. The second kappa shape index (κ2) is 6.46. The van der Waals surface area contributed by atoms with E-state index in [1.807, 2.05) is 0 Å². The van der Waals surface area contributed by atoms with Crippen molar-refractivity contribution in [2.75, 3.05) is 28.2 Å². The highest BCUT2D eigenvalue weighted by molar-refractivity contribution is 6.09. The Kier molecular flexibility index (Phi) is 6.40. The van der Waals surface area contributed by atoms with E-state index in [2.05, 4.69) is 64.0 Å². The van der Waals surface area contributed by atoms with Crippen LogP contribution in [0, 0.1) is 5.92 Å². The van der Waals surface area contributed by atoms with E-state index in [9.17, 15) is 0 Å². The predicted octanol–water partition coefficient (Wildman–Crippen LogP) is 1.19. The molecule has 0 fully saturated rings. The molecule has 2 nitrogen and oxygen atoms in total. The van der Waals surface area contributed by atoms with E-state index in [1.165, 1.54) is 16.3 Å². The summed E-state index contributed by atoms with van der Waals surface area (Å²) >= 11 is 0. The van der Waals surface area contributed by atoms with Crippen LogP contribution in [0.5, 0.6) is 0 Å². The van der Waals surface area contributed by atoms with E-state index in [-0.39, 0.29) is 5.66 Å². The molecule has 0 aromatic heterocycles. The first-order valence-corrected chi connectivity index (χ1v) is 7.36. The van der Waals surface area contributed by atoms with E-state index in [4.69, 9.17) is 0 Å². The monoisotopic (exact) mass is 228 g/mol. The van der Waals surface area contributed by atoms with Gasteiger partial charge in [0, 0.05) is 16.2 Å². The molecule has 0 saturated carbocycles. The SMILES string of the molecule is CCC(C(C)/C=C/C[SiH3])(N(C)C)N(C)C. The Morgan fingerprint density at radius 2 is 1.67 bits per heavy atom. The minimum absolute atomic E-state index is 0.146. The summed E-state index contributed by atoms with van der Waals surface area (Å²) in [6.45, 7) is 4.59. The molecule has 0 radical (unpaired) electrons. The summed E-state index contributed by atoms with van der Waals surface area (Å²) in [4.78, 5) is 4.68. The Balaban J connectivity index is 4.98. The third-order valence-corrected chi connectivity index (χ3v) is 3.93. The lowest BCUT2D eigenvalue weighted by atomic mass is 9.88. The minimum atomic E-state index is 0.146. The Bertz CT molecular complexity index is 192. The van der Waals surface area contributed by atoms with Gasteiger partial charge in [-0.15, -0.1) is 0 Å². The van der Waals surface area contributed by atoms with Gasteiger partial charge in [-0.1, -0.05) is 26.0 Å². The van der Waals surface area contributed by atoms with E-state index in [0.29, 0.717) is 5.92 Å². The molecule has 0 aliphatic carbocycles. The van der Waals surface area contributed by atoms with Crippen LogP contribution in [0.4, 0.5) is 0 Å². The number of allylic oxidation sites excluding steroid dienone is 1. The van der Waals surface area contributed by atoms with Crippen molar-refractivity contribution in [1.29, 1.82) is 0 Å². The molecule has 0 bridgehead atoms. The van der Waals surface area contributed by atoms with Gasteiger partial charge in [-0.05, 0) is 40.7 Å². The largest absolute Gasteiger partial charge is 0.291 e. The second-order valence-electron chi connectivity index (χ2n) is 4.65. The maximum atomic E-state index is 2.37. The topological polar surface area (TPSA) is 6.48 Å². The summed E-state index contributed by atoms with van der Waals surface area (Å²) in [5.41, 5.74) is 0.146. The fourth-order valence-electron chi connectivity index (χ4n) is 2.66. The number of hydrogen-bond donors (Lipinski definition) is 0. The first kappa shape index (κ1) is 14.9. The Hall–Kier alpha value is -0.123. The highest BCUT2D eigenvalue weighted by atomic mass is 28.1. The van der Waals surface area contributed by atoms with Crippen LogP contribution in [0.2, 0.25) is 6.04 Å². The highest BCUT2D eigenvalue weighted by Crippen LogP contribution is 2.30. The van der Waals surface area contributed by atoms with Gasteiger partial charge in [0.1, 0.15) is 0 Å². The van der Waals surface area contributed by atoms with Gasteiger partial charge >= 0.3 is 0 Å². The van der Waals surface area contributed by atoms with Crippen molar-refractivity contribution in [1.82, 2.24) is 9.80 Å². The fraction of sp³-hybridized carbons (Fsp3) is 0.833. The van der Waals surface area contributed by atoms with Crippen molar-refractivity contribution in [3.8, 4) is 0 Å². The van der Waals surface area contributed by atoms with Gasteiger partial charge in [0.25, 0.3) is 0 Å². The molecule has 3 heteroatoms. The third kappa shape index (κ3) is 3.16. The molecule has 0 aromatic rings. The Morgan fingerprint density at radius 3 is 1.93 bits per heavy atom. The third-order valence-electron chi connectivity index (χ3n) is 3.46. The van der Waals surface area contributed by atoms with Crippen LogP contribution in [0.25, 0.3) is 0 Å². The highest BCUT2D eigenvalue weighted by Gasteiger charge is 2.37.